The van der Waals surface area contributed by atoms with Gasteiger partial charge in [-0.05, 0) is 6.92 Å². The number of esters is 2. The molecule has 0 aromatic carbocycles. The number of hydrogen-bond acceptors (Lipinski definition) is 9. The molecule has 0 atom stereocenters. The summed E-state index contributed by atoms with van der Waals surface area (Å²) in [5.74, 6) is -1.60. The number of nitrogens with zero attached hydrogens (tertiary/aromatic N) is 2. The molecule has 0 aliphatic rings. The predicted molar refractivity (Wildman–Crippen MR) is 86.9 cm³/mol. The number of aromatic nitrogens is 1. The van der Waals surface area contributed by atoms with Crippen LogP contribution in [0.1, 0.15) is 12.6 Å². The van der Waals surface area contributed by atoms with E-state index in [1.807, 2.05) is 0 Å². The van der Waals surface area contributed by atoms with Crippen molar-refractivity contribution in [2.24, 2.45) is 5.16 Å². The lowest BCUT2D eigenvalue weighted by Crippen LogP contribution is -2.22. The number of thiazole rings is 1. The largest absolute Gasteiger partial charge is 0.461 e. The Morgan fingerprint density at radius 1 is 1.39 bits per heavy atom. The van der Waals surface area contributed by atoms with Gasteiger partial charge in [-0.2, -0.15) is 0 Å². The summed E-state index contributed by atoms with van der Waals surface area (Å²) in [6.07, 6.45) is 0. The molecule has 8 nitrogen and oxygen atoms in total. The van der Waals surface area contributed by atoms with Gasteiger partial charge in [0.05, 0.1) is 6.61 Å². The topological polar surface area (TPSA) is 113 Å². The molecule has 1 aromatic rings. The monoisotopic (exact) mass is 403 g/mol. The minimum Gasteiger partial charge on any atom is -0.461 e. The van der Waals surface area contributed by atoms with Crippen molar-refractivity contribution in [2.75, 3.05) is 25.6 Å². The maximum absolute atomic E-state index is 11.8. The van der Waals surface area contributed by atoms with Gasteiger partial charge in [-0.3, -0.25) is 0 Å². The third-order valence-corrected chi connectivity index (χ3v) is 2.97. The number of rotatable bonds is 7. The predicted octanol–water partition coefficient (Wildman–Crippen LogP) is 1.92. The summed E-state index contributed by atoms with van der Waals surface area (Å²) in [6, 6.07) is 0. The van der Waals surface area contributed by atoms with Crippen molar-refractivity contribution in [3.63, 3.8) is 0 Å². The first-order valence-electron chi connectivity index (χ1n) is 6.03. The molecule has 0 radical (unpaired) electrons. The first kappa shape index (κ1) is 19.8. The Bertz CT molecular complexity index is 588. The van der Waals surface area contributed by atoms with E-state index in [1.165, 1.54) is 5.38 Å². The van der Waals surface area contributed by atoms with Gasteiger partial charge in [-0.15, -0.1) is 11.3 Å². The maximum Gasteiger partial charge on any atom is 0.362 e. The molecule has 0 aliphatic carbocycles. The second-order valence-corrected chi connectivity index (χ2v) is 7.19. The summed E-state index contributed by atoms with van der Waals surface area (Å²) in [5, 5.41) is 5.27. The van der Waals surface area contributed by atoms with Crippen LogP contribution in [0.25, 0.3) is 0 Å². The summed E-state index contributed by atoms with van der Waals surface area (Å²) in [4.78, 5) is 31.8. The van der Waals surface area contributed by atoms with Gasteiger partial charge in [-0.25, -0.2) is 14.6 Å². The van der Waals surface area contributed by atoms with Crippen LogP contribution >= 0.6 is 46.1 Å². The third-order valence-electron chi connectivity index (χ3n) is 1.97. The molecule has 2 N–H and O–H groups in total. The normalized spacial score (nSPS) is 11.9. The molecular formula is C11H12Cl3N3O5S. The Balaban J connectivity index is 2.67. The highest BCUT2D eigenvalue weighted by atomic mass is 35.6. The van der Waals surface area contributed by atoms with E-state index in [1.54, 1.807) is 6.92 Å². The zero-order valence-corrected chi connectivity index (χ0v) is 14.8. The van der Waals surface area contributed by atoms with E-state index in [0.29, 0.717) is 0 Å². The van der Waals surface area contributed by atoms with Crippen molar-refractivity contribution in [1.82, 2.24) is 4.98 Å². The van der Waals surface area contributed by atoms with Crippen LogP contribution in [0.4, 0.5) is 5.13 Å². The summed E-state index contributed by atoms with van der Waals surface area (Å²) < 4.78 is 7.72. The third kappa shape index (κ3) is 7.69. The van der Waals surface area contributed by atoms with Crippen molar-refractivity contribution in [1.29, 1.82) is 0 Å². The quantitative estimate of drug-likeness (QED) is 0.320. The van der Waals surface area contributed by atoms with Crippen molar-refractivity contribution < 1.29 is 23.9 Å². The summed E-state index contributed by atoms with van der Waals surface area (Å²) >= 11 is 17.4. The molecule has 12 heteroatoms. The fraction of sp³-hybridized carbons (Fsp3) is 0.455. The smallest absolute Gasteiger partial charge is 0.362 e. The number of carbonyl (C=O) groups is 2. The van der Waals surface area contributed by atoms with Gasteiger partial charge in [0, 0.05) is 5.38 Å². The summed E-state index contributed by atoms with van der Waals surface area (Å²) in [7, 11) is 0. The van der Waals surface area contributed by atoms with Crippen LogP contribution in [0.3, 0.4) is 0 Å². The van der Waals surface area contributed by atoms with Crippen LogP contribution in [-0.4, -0.2) is 46.2 Å². The Kier molecular flexibility index (Phi) is 7.83. The van der Waals surface area contributed by atoms with E-state index in [2.05, 4.69) is 14.9 Å². The fourth-order valence-electron chi connectivity index (χ4n) is 1.14. The number of hydrogen-bond donors (Lipinski definition) is 1. The average molecular weight is 405 g/mol. The highest BCUT2D eigenvalue weighted by molar-refractivity contribution is 7.13. The highest BCUT2D eigenvalue weighted by Crippen LogP contribution is 2.25. The lowest BCUT2D eigenvalue weighted by Gasteiger charge is -2.10. The summed E-state index contributed by atoms with van der Waals surface area (Å²) in [5.41, 5.74) is 5.43. The van der Waals surface area contributed by atoms with Gasteiger partial charge >= 0.3 is 11.9 Å². The Hall–Kier alpha value is -1.29. The average Bonchev–Trinajstić information content (AvgIpc) is 2.87. The standard InChI is InChI=1S/C11H12Cl3N3O5S/c1-2-20-9(19)8(6-4-23-10(15)16-6)17-22-3-7(18)21-5-11(12,13)14/h4H,2-3,5H2,1H3,(H2,15,16). The number of ether oxygens (including phenoxy) is 2. The first-order valence-corrected chi connectivity index (χ1v) is 8.05. The number of nitrogen functional groups attached to an aromatic ring is 1. The Morgan fingerprint density at radius 2 is 2.09 bits per heavy atom. The van der Waals surface area contributed by atoms with Crippen LogP contribution in [0.15, 0.2) is 10.5 Å². The van der Waals surface area contributed by atoms with Gasteiger partial charge in [0.25, 0.3) is 0 Å². The Morgan fingerprint density at radius 3 is 2.61 bits per heavy atom. The minimum absolute atomic E-state index is 0.128. The van der Waals surface area contributed by atoms with Gasteiger partial charge in [0.15, 0.2) is 5.13 Å². The highest BCUT2D eigenvalue weighted by Gasteiger charge is 2.23. The van der Waals surface area contributed by atoms with Crippen LogP contribution in [0, 0.1) is 0 Å². The molecule has 1 aromatic heterocycles. The maximum atomic E-state index is 11.8. The van der Waals surface area contributed by atoms with Crippen molar-refractivity contribution in [2.45, 2.75) is 10.7 Å². The number of nitrogens with two attached hydrogens (primary N) is 1. The fourth-order valence-corrected chi connectivity index (χ4v) is 1.85. The first-order chi connectivity index (χ1) is 10.7. The summed E-state index contributed by atoms with van der Waals surface area (Å²) in [6.45, 7) is 0.711. The molecule has 0 fully saturated rings. The van der Waals surface area contributed by atoms with Gasteiger partial charge in [0.1, 0.15) is 12.3 Å². The second-order valence-electron chi connectivity index (χ2n) is 3.78. The van der Waals surface area contributed by atoms with Crippen molar-refractivity contribution in [3.8, 4) is 0 Å². The molecule has 0 amide bonds. The molecule has 0 aliphatic heterocycles. The number of oxime groups is 1. The minimum atomic E-state index is -1.73. The van der Waals surface area contributed by atoms with Gasteiger partial charge in [0.2, 0.25) is 16.1 Å². The SMILES string of the molecule is CCOC(=O)C(=NOCC(=O)OCC(Cl)(Cl)Cl)c1csc(N)n1. The number of carbonyl (C=O) groups excluding carboxylic acids is 2. The molecule has 0 spiro atoms. The zero-order valence-electron chi connectivity index (χ0n) is 11.8. The van der Waals surface area contributed by atoms with Gasteiger partial charge in [-0.1, -0.05) is 40.0 Å². The van der Waals surface area contributed by atoms with E-state index < -0.39 is 28.9 Å². The van der Waals surface area contributed by atoms with E-state index in [0.717, 1.165) is 11.3 Å². The molecule has 0 bridgehead atoms. The molecule has 0 saturated carbocycles. The van der Waals surface area contributed by atoms with E-state index >= 15 is 0 Å². The second kappa shape index (κ2) is 9.11. The number of halogens is 3. The zero-order chi connectivity index (χ0) is 17.5. The van der Waals surface area contributed by atoms with E-state index in [9.17, 15) is 9.59 Å². The molecular weight excluding hydrogens is 393 g/mol. The molecule has 23 heavy (non-hydrogen) atoms. The Labute approximate surface area is 150 Å². The lowest BCUT2D eigenvalue weighted by atomic mass is 10.3. The van der Waals surface area contributed by atoms with E-state index in [-0.39, 0.29) is 23.1 Å². The van der Waals surface area contributed by atoms with Crippen LogP contribution in [-0.2, 0) is 23.9 Å². The van der Waals surface area contributed by atoms with Crippen molar-refractivity contribution >= 4 is 68.9 Å². The van der Waals surface area contributed by atoms with E-state index in [4.69, 9.17) is 50.1 Å². The molecule has 0 saturated heterocycles. The molecule has 1 heterocycles. The number of alkyl halides is 3. The van der Waals surface area contributed by atoms with Crippen LogP contribution in [0.5, 0.6) is 0 Å². The molecule has 1 rings (SSSR count). The number of anilines is 1. The lowest BCUT2D eigenvalue weighted by molar-refractivity contribution is -0.149. The van der Waals surface area contributed by atoms with Crippen LogP contribution in [0.2, 0.25) is 0 Å². The molecule has 0 unspecified atom stereocenters. The molecule has 128 valence electrons. The van der Waals surface area contributed by atoms with Gasteiger partial charge < -0.3 is 20.0 Å². The van der Waals surface area contributed by atoms with Crippen LogP contribution < -0.4 is 5.73 Å². The van der Waals surface area contributed by atoms with Crippen molar-refractivity contribution in [3.05, 3.63) is 11.1 Å².